The molecule has 1 rings (SSSR count). The van der Waals surface area contributed by atoms with E-state index < -0.39 is 6.04 Å². The first kappa shape index (κ1) is 16.7. The molecule has 0 amide bonds. The van der Waals surface area contributed by atoms with E-state index in [1.165, 1.54) is 0 Å². The maximum Gasteiger partial charge on any atom is 0.307 e. The summed E-state index contributed by atoms with van der Waals surface area (Å²) >= 11 is 9.21. The van der Waals surface area contributed by atoms with E-state index in [-0.39, 0.29) is 24.8 Å². The summed E-state index contributed by atoms with van der Waals surface area (Å²) in [4.78, 5) is 11.2. The van der Waals surface area contributed by atoms with Crippen LogP contribution in [0.15, 0.2) is 22.7 Å². The van der Waals surface area contributed by atoms with Gasteiger partial charge in [0, 0.05) is 15.5 Å². The van der Waals surface area contributed by atoms with Crippen LogP contribution in [0.2, 0.25) is 5.02 Å². The molecule has 0 saturated heterocycles. The minimum absolute atomic E-state index is 0. The Morgan fingerprint density at radius 1 is 1.53 bits per heavy atom. The quantitative estimate of drug-likeness (QED) is 0.852. The van der Waals surface area contributed by atoms with E-state index >= 15 is 0 Å². The Morgan fingerprint density at radius 3 is 2.71 bits per heavy atom. The average molecular weight is 343 g/mol. The number of halogens is 3. The van der Waals surface area contributed by atoms with Crippen molar-refractivity contribution >= 4 is 45.9 Å². The largest absolute Gasteiger partial charge is 0.466 e. The minimum Gasteiger partial charge on any atom is -0.466 e. The second-order valence-corrected chi connectivity index (χ2v) is 4.67. The van der Waals surface area contributed by atoms with Crippen molar-refractivity contribution < 1.29 is 9.53 Å². The Hall–Kier alpha value is -0.290. The standard InChI is InChI=1S/C11H13BrClNO2.ClH/c1-2-16-11(15)6-10(14)7-3-8(12)5-9(13)4-7;/h3-5,10H,2,6,14H2,1H3;1H/t10-;/m1./s1. The van der Waals surface area contributed by atoms with Crippen LogP contribution >= 0.6 is 39.9 Å². The summed E-state index contributed by atoms with van der Waals surface area (Å²) in [5, 5.41) is 0.587. The lowest BCUT2D eigenvalue weighted by molar-refractivity contribution is -0.143. The number of carbonyl (C=O) groups excluding carboxylic acids is 1. The van der Waals surface area contributed by atoms with E-state index in [1.807, 2.05) is 6.07 Å². The highest BCUT2D eigenvalue weighted by molar-refractivity contribution is 9.10. The number of rotatable bonds is 4. The predicted octanol–water partition coefficient (Wildman–Crippen LogP) is 3.48. The zero-order valence-electron chi connectivity index (χ0n) is 9.28. The Bertz CT molecular complexity index is 367. The van der Waals surface area contributed by atoms with Crippen molar-refractivity contribution in [1.29, 1.82) is 0 Å². The van der Waals surface area contributed by atoms with Gasteiger partial charge in [-0.2, -0.15) is 0 Å². The van der Waals surface area contributed by atoms with Gasteiger partial charge in [0.2, 0.25) is 0 Å². The van der Waals surface area contributed by atoms with Gasteiger partial charge in [-0.25, -0.2) is 0 Å². The molecule has 1 aromatic rings. The van der Waals surface area contributed by atoms with Crippen molar-refractivity contribution in [1.82, 2.24) is 0 Å². The third kappa shape index (κ3) is 5.73. The number of carbonyl (C=O) groups is 1. The van der Waals surface area contributed by atoms with Crippen molar-refractivity contribution in [3.63, 3.8) is 0 Å². The van der Waals surface area contributed by atoms with Crippen molar-refractivity contribution in [2.24, 2.45) is 5.73 Å². The van der Waals surface area contributed by atoms with Crippen LogP contribution in [-0.4, -0.2) is 12.6 Å². The summed E-state index contributed by atoms with van der Waals surface area (Å²) in [7, 11) is 0. The highest BCUT2D eigenvalue weighted by Crippen LogP contribution is 2.24. The van der Waals surface area contributed by atoms with E-state index in [1.54, 1.807) is 19.1 Å². The van der Waals surface area contributed by atoms with Gasteiger partial charge in [0.25, 0.3) is 0 Å². The number of nitrogens with two attached hydrogens (primary N) is 1. The molecule has 1 aromatic carbocycles. The predicted molar refractivity (Wildman–Crippen MR) is 74.6 cm³/mol. The Labute approximate surface area is 120 Å². The molecule has 96 valence electrons. The van der Waals surface area contributed by atoms with Gasteiger partial charge in [0.15, 0.2) is 0 Å². The molecule has 6 heteroatoms. The third-order valence-corrected chi connectivity index (χ3v) is 2.68. The van der Waals surface area contributed by atoms with Crippen LogP contribution < -0.4 is 5.73 Å². The molecule has 0 aliphatic heterocycles. The van der Waals surface area contributed by atoms with Gasteiger partial charge in [-0.3, -0.25) is 4.79 Å². The molecule has 1 atom stereocenters. The van der Waals surface area contributed by atoms with Crippen molar-refractivity contribution in [2.75, 3.05) is 6.61 Å². The van der Waals surface area contributed by atoms with Gasteiger partial charge in [0.05, 0.1) is 13.0 Å². The fraction of sp³-hybridized carbons (Fsp3) is 0.364. The van der Waals surface area contributed by atoms with E-state index in [4.69, 9.17) is 22.1 Å². The lowest BCUT2D eigenvalue weighted by Gasteiger charge is -2.12. The topological polar surface area (TPSA) is 52.3 Å². The first-order valence-electron chi connectivity index (χ1n) is 4.90. The van der Waals surface area contributed by atoms with Gasteiger partial charge in [0.1, 0.15) is 0 Å². The third-order valence-electron chi connectivity index (χ3n) is 2.00. The number of hydrogen-bond donors (Lipinski definition) is 1. The number of benzene rings is 1. The summed E-state index contributed by atoms with van der Waals surface area (Å²) in [6.07, 6.45) is 0.153. The smallest absolute Gasteiger partial charge is 0.307 e. The Balaban J connectivity index is 0.00000256. The second-order valence-electron chi connectivity index (χ2n) is 3.32. The van der Waals surface area contributed by atoms with Crippen LogP contribution in [0.25, 0.3) is 0 Å². The summed E-state index contributed by atoms with van der Waals surface area (Å²) in [6.45, 7) is 2.13. The number of hydrogen-bond acceptors (Lipinski definition) is 3. The lowest BCUT2D eigenvalue weighted by atomic mass is 10.1. The van der Waals surface area contributed by atoms with Crippen LogP contribution in [0.4, 0.5) is 0 Å². The molecule has 0 aromatic heterocycles. The molecule has 0 fully saturated rings. The summed E-state index contributed by atoms with van der Waals surface area (Å²) < 4.78 is 5.67. The summed E-state index contributed by atoms with van der Waals surface area (Å²) in [5.74, 6) is -0.300. The molecule has 2 N–H and O–H groups in total. The first-order valence-corrected chi connectivity index (χ1v) is 6.07. The van der Waals surface area contributed by atoms with Crippen LogP contribution in [0.5, 0.6) is 0 Å². The second kappa shape index (κ2) is 7.93. The fourth-order valence-electron chi connectivity index (χ4n) is 1.31. The van der Waals surface area contributed by atoms with E-state index in [0.29, 0.717) is 11.6 Å². The fourth-order valence-corrected chi connectivity index (χ4v) is 2.19. The molecule has 17 heavy (non-hydrogen) atoms. The monoisotopic (exact) mass is 341 g/mol. The normalized spacial score (nSPS) is 11.5. The summed E-state index contributed by atoms with van der Waals surface area (Å²) in [5.41, 5.74) is 6.70. The molecular weight excluding hydrogens is 329 g/mol. The molecule has 0 aliphatic carbocycles. The number of esters is 1. The van der Waals surface area contributed by atoms with Gasteiger partial charge in [-0.15, -0.1) is 12.4 Å². The highest BCUT2D eigenvalue weighted by atomic mass is 79.9. The van der Waals surface area contributed by atoms with Crippen molar-refractivity contribution in [2.45, 2.75) is 19.4 Å². The molecular formula is C11H14BrCl2NO2. The lowest BCUT2D eigenvalue weighted by Crippen LogP contribution is -2.17. The van der Waals surface area contributed by atoms with Gasteiger partial charge >= 0.3 is 5.97 Å². The van der Waals surface area contributed by atoms with E-state index in [0.717, 1.165) is 10.0 Å². The first-order chi connectivity index (χ1) is 7.52. The molecule has 0 saturated carbocycles. The van der Waals surface area contributed by atoms with Gasteiger partial charge < -0.3 is 10.5 Å². The Kier molecular flexibility index (Phi) is 7.79. The van der Waals surface area contributed by atoms with Crippen LogP contribution in [0, 0.1) is 0 Å². The zero-order chi connectivity index (χ0) is 12.1. The zero-order valence-corrected chi connectivity index (χ0v) is 12.4. The molecule has 0 heterocycles. The average Bonchev–Trinajstić information content (AvgIpc) is 2.16. The highest BCUT2D eigenvalue weighted by Gasteiger charge is 2.13. The molecule has 0 aliphatic rings. The maximum atomic E-state index is 11.2. The van der Waals surface area contributed by atoms with Crippen molar-refractivity contribution in [3.05, 3.63) is 33.3 Å². The molecule has 0 radical (unpaired) electrons. The number of ether oxygens (including phenoxy) is 1. The summed E-state index contributed by atoms with van der Waals surface area (Å²) in [6, 6.07) is 4.96. The van der Waals surface area contributed by atoms with Gasteiger partial charge in [-0.1, -0.05) is 27.5 Å². The van der Waals surface area contributed by atoms with Gasteiger partial charge in [-0.05, 0) is 30.7 Å². The SMILES string of the molecule is CCOC(=O)C[C@@H](N)c1cc(Cl)cc(Br)c1.Cl. The molecule has 0 spiro atoms. The van der Waals surface area contributed by atoms with E-state index in [2.05, 4.69) is 15.9 Å². The van der Waals surface area contributed by atoms with Crippen LogP contribution in [0.1, 0.15) is 24.9 Å². The van der Waals surface area contributed by atoms with E-state index in [9.17, 15) is 4.79 Å². The van der Waals surface area contributed by atoms with Crippen LogP contribution in [-0.2, 0) is 9.53 Å². The van der Waals surface area contributed by atoms with Crippen molar-refractivity contribution in [3.8, 4) is 0 Å². The Morgan fingerprint density at radius 2 is 2.18 bits per heavy atom. The molecule has 0 bridgehead atoms. The molecule has 0 unspecified atom stereocenters. The molecule has 3 nitrogen and oxygen atoms in total. The maximum absolute atomic E-state index is 11.2. The minimum atomic E-state index is -0.394. The van der Waals surface area contributed by atoms with Crippen LogP contribution in [0.3, 0.4) is 0 Å².